The van der Waals surface area contributed by atoms with E-state index >= 15 is 0 Å². The van der Waals surface area contributed by atoms with Crippen molar-refractivity contribution in [2.45, 2.75) is 6.54 Å². The van der Waals surface area contributed by atoms with Gasteiger partial charge in [0.1, 0.15) is 11.5 Å². The number of hydrogen-bond donors (Lipinski definition) is 2. The summed E-state index contributed by atoms with van der Waals surface area (Å²) in [6, 6.07) is 14.8. The van der Waals surface area contributed by atoms with E-state index in [0.717, 1.165) is 5.56 Å². The van der Waals surface area contributed by atoms with Gasteiger partial charge in [-0.25, -0.2) is 14.4 Å². The van der Waals surface area contributed by atoms with Gasteiger partial charge < -0.3 is 10.6 Å². The Morgan fingerprint density at radius 3 is 2.60 bits per heavy atom. The van der Waals surface area contributed by atoms with E-state index in [9.17, 15) is 9.18 Å². The first-order valence-corrected chi connectivity index (χ1v) is 7.87. The average Bonchev–Trinajstić information content (AvgIpc) is 2.63. The van der Waals surface area contributed by atoms with Crippen molar-refractivity contribution in [3.63, 3.8) is 0 Å². The van der Waals surface area contributed by atoms with Gasteiger partial charge in [0.2, 0.25) is 5.95 Å². The molecule has 3 rings (SSSR count). The number of halogens is 2. The molecule has 0 aliphatic heterocycles. The Bertz CT molecular complexity index is 886. The van der Waals surface area contributed by atoms with E-state index in [1.807, 2.05) is 12.1 Å². The molecule has 7 heteroatoms. The molecule has 0 unspecified atom stereocenters. The van der Waals surface area contributed by atoms with Crippen LogP contribution in [0.15, 0.2) is 60.8 Å². The molecule has 5 nitrogen and oxygen atoms in total. The van der Waals surface area contributed by atoms with E-state index in [2.05, 4.69) is 20.6 Å². The number of aromatic nitrogens is 2. The van der Waals surface area contributed by atoms with Crippen LogP contribution in [0.5, 0.6) is 0 Å². The molecule has 3 aromatic rings. The van der Waals surface area contributed by atoms with Gasteiger partial charge in [-0.3, -0.25) is 4.79 Å². The number of anilines is 2. The highest BCUT2D eigenvalue weighted by Crippen LogP contribution is 2.16. The smallest absolute Gasteiger partial charge is 0.270 e. The Morgan fingerprint density at radius 2 is 1.84 bits per heavy atom. The van der Waals surface area contributed by atoms with Gasteiger partial charge in [0, 0.05) is 17.8 Å². The van der Waals surface area contributed by atoms with Crippen molar-refractivity contribution in [2.24, 2.45) is 0 Å². The summed E-state index contributed by atoms with van der Waals surface area (Å²) in [7, 11) is 0. The van der Waals surface area contributed by atoms with Crippen molar-refractivity contribution in [1.82, 2.24) is 15.3 Å². The van der Waals surface area contributed by atoms with Gasteiger partial charge in [-0.1, -0.05) is 35.9 Å². The number of para-hydroxylation sites is 1. The number of carbonyl (C=O) groups is 1. The molecule has 0 aliphatic carbocycles. The van der Waals surface area contributed by atoms with Crippen LogP contribution in [0, 0.1) is 5.82 Å². The lowest BCUT2D eigenvalue weighted by Crippen LogP contribution is -2.24. The highest BCUT2D eigenvalue weighted by molar-refractivity contribution is 6.30. The van der Waals surface area contributed by atoms with E-state index in [0.29, 0.717) is 11.6 Å². The summed E-state index contributed by atoms with van der Waals surface area (Å²) in [5, 5.41) is 6.15. The number of hydrogen-bond acceptors (Lipinski definition) is 4. The summed E-state index contributed by atoms with van der Waals surface area (Å²) < 4.78 is 13.7. The molecule has 0 saturated heterocycles. The van der Waals surface area contributed by atoms with Crippen LogP contribution in [0.3, 0.4) is 0 Å². The van der Waals surface area contributed by atoms with Crippen LogP contribution in [0.2, 0.25) is 5.02 Å². The zero-order valence-electron chi connectivity index (χ0n) is 13.0. The summed E-state index contributed by atoms with van der Waals surface area (Å²) in [5.74, 6) is -0.637. The quantitative estimate of drug-likeness (QED) is 0.726. The number of rotatable bonds is 5. The van der Waals surface area contributed by atoms with Crippen molar-refractivity contribution < 1.29 is 9.18 Å². The maximum absolute atomic E-state index is 13.7. The van der Waals surface area contributed by atoms with Gasteiger partial charge >= 0.3 is 0 Å². The number of nitrogens with one attached hydrogen (secondary N) is 2. The van der Waals surface area contributed by atoms with Crippen molar-refractivity contribution in [1.29, 1.82) is 0 Å². The lowest BCUT2D eigenvalue weighted by molar-refractivity contribution is 0.0946. The molecule has 126 valence electrons. The second-order valence-electron chi connectivity index (χ2n) is 5.18. The highest BCUT2D eigenvalue weighted by atomic mass is 35.5. The van der Waals surface area contributed by atoms with Gasteiger partial charge in [-0.05, 0) is 35.9 Å². The maximum Gasteiger partial charge on any atom is 0.270 e. The van der Waals surface area contributed by atoms with Crippen molar-refractivity contribution in [2.75, 3.05) is 5.32 Å². The third kappa shape index (κ3) is 4.51. The fourth-order valence-corrected chi connectivity index (χ4v) is 2.23. The van der Waals surface area contributed by atoms with Crippen LogP contribution in [0.25, 0.3) is 0 Å². The normalized spacial score (nSPS) is 10.3. The van der Waals surface area contributed by atoms with Crippen LogP contribution in [0.4, 0.5) is 16.0 Å². The van der Waals surface area contributed by atoms with Gasteiger partial charge in [0.25, 0.3) is 5.91 Å². The summed E-state index contributed by atoms with van der Waals surface area (Å²) in [5.41, 5.74) is 1.33. The Hall–Kier alpha value is -2.99. The molecule has 0 radical (unpaired) electrons. The van der Waals surface area contributed by atoms with E-state index in [4.69, 9.17) is 11.6 Å². The van der Waals surface area contributed by atoms with Gasteiger partial charge in [-0.15, -0.1) is 0 Å². The molecular weight excluding hydrogens is 343 g/mol. The zero-order valence-corrected chi connectivity index (χ0v) is 13.8. The van der Waals surface area contributed by atoms with E-state index < -0.39 is 5.82 Å². The molecule has 0 fully saturated rings. The molecule has 1 aromatic heterocycles. The fourth-order valence-electron chi connectivity index (χ4n) is 2.10. The fraction of sp³-hybridized carbons (Fsp3) is 0.0556. The molecule has 2 N–H and O–H groups in total. The minimum Gasteiger partial charge on any atom is -0.347 e. The summed E-state index contributed by atoms with van der Waals surface area (Å²) in [6.45, 7) is 0.343. The third-order valence-electron chi connectivity index (χ3n) is 3.37. The molecule has 2 aromatic carbocycles. The Morgan fingerprint density at radius 1 is 1.08 bits per heavy atom. The first kappa shape index (κ1) is 16.9. The lowest BCUT2D eigenvalue weighted by Gasteiger charge is -2.08. The molecule has 0 saturated carbocycles. The number of benzene rings is 2. The van der Waals surface area contributed by atoms with Crippen LogP contribution in [-0.4, -0.2) is 15.9 Å². The van der Waals surface area contributed by atoms with Crippen molar-refractivity contribution in [3.8, 4) is 0 Å². The summed E-state index contributed by atoms with van der Waals surface area (Å²) >= 11 is 5.83. The molecule has 0 spiro atoms. The lowest BCUT2D eigenvalue weighted by atomic mass is 10.2. The van der Waals surface area contributed by atoms with E-state index in [-0.39, 0.29) is 23.2 Å². The molecule has 0 bridgehead atoms. The second kappa shape index (κ2) is 7.72. The Kier molecular flexibility index (Phi) is 5.20. The van der Waals surface area contributed by atoms with Gasteiger partial charge in [0.05, 0.1) is 5.69 Å². The first-order chi connectivity index (χ1) is 12.1. The number of carbonyl (C=O) groups excluding carboxylic acids is 1. The van der Waals surface area contributed by atoms with Crippen molar-refractivity contribution >= 4 is 29.1 Å². The molecular formula is C18H14ClFN4O. The minimum absolute atomic E-state index is 0.143. The van der Waals surface area contributed by atoms with Crippen LogP contribution < -0.4 is 10.6 Å². The predicted molar refractivity (Wildman–Crippen MR) is 94.3 cm³/mol. The zero-order chi connectivity index (χ0) is 17.6. The Labute approximate surface area is 148 Å². The summed E-state index contributed by atoms with van der Waals surface area (Å²) in [6.07, 6.45) is 1.44. The topological polar surface area (TPSA) is 66.9 Å². The minimum atomic E-state index is -0.427. The SMILES string of the molecule is O=C(NCc1ccc(Cl)cc1)c1ccnc(Nc2ccccc2F)n1. The van der Waals surface area contributed by atoms with Crippen LogP contribution in [-0.2, 0) is 6.54 Å². The molecule has 25 heavy (non-hydrogen) atoms. The second-order valence-corrected chi connectivity index (χ2v) is 5.62. The van der Waals surface area contributed by atoms with E-state index in [1.54, 1.807) is 30.3 Å². The van der Waals surface area contributed by atoms with Crippen LogP contribution >= 0.6 is 11.6 Å². The predicted octanol–water partition coefficient (Wildman–Crippen LogP) is 3.94. The van der Waals surface area contributed by atoms with Gasteiger partial charge in [0.15, 0.2) is 0 Å². The third-order valence-corrected chi connectivity index (χ3v) is 3.63. The molecule has 1 amide bonds. The largest absolute Gasteiger partial charge is 0.347 e. The molecule has 0 atom stereocenters. The number of amides is 1. The van der Waals surface area contributed by atoms with E-state index in [1.165, 1.54) is 18.3 Å². The Balaban J connectivity index is 1.67. The highest BCUT2D eigenvalue weighted by Gasteiger charge is 2.10. The number of nitrogens with zero attached hydrogens (tertiary/aromatic N) is 2. The first-order valence-electron chi connectivity index (χ1n) is 7.49. The monoisotopic (exact) mass is 356 g/mol. The molecule has 0 aliphatic rings. The average molecular weight is 357 g/mol. The summed E-state index contributed by atoms with van der Waals surface area (Å²) in [4.78, 5) is 20.3. The maximum atomic E-state index is 13.7. The van der Waals surface area contributed by atoms with Crippen molar-refractivity contribution in [3.05, 3.63) is 82.9 Å². The van der Waals surface area contributed by atoms with Gasteiger partial charge in [-0.2, -0.15) is 0 Å². The molecule has 1 heterocycles. The standard InChI is InChI=1S/C18H14ClFN4O/c19-13-7-5-12(6-8-13)11-22-17(25)16-9-10-21-18(24-16)23-15-4-2-1-3-14(15)20/h1-10H,11H2,(H,22,25)(H,21,23,24). The van der Waals surface area contributed by atoms with Crippen LogP contribution in [0.1, 0.15) is 16.1 Å².